The zero-order valence-corrected chi connectivity index (χ0v) is 17.0. The van der Waals surface area contributed by atoms with Gasteiger partial charge in [-0.15, -0.1) is 0 Å². The molecule has 0 N–H and O–H groups in total. The van der Waals surface area contributed by atoms with Crippen LogP contribution in [0, 0.1) is 18.8 Å². The Labute approximate surface area is 163 Å². The Balaban J connectivity index is 1.74. The first-order chi connectivity index (χ1) is 13.0. The van der Waals surface area contributed by atoms with Gasteiger partial charge < -0.3 is 9.64 Å². The van der Waals surface area contributed by atoms with E-state index in [9.17, 15) is 14.4 Å². The van der Waals surface area contributed by atoms with E-state index in [0.717, 1.165) is 18.5 Å². The first-order valence-corrected chi connectivity index (χ1v) is 10.6. The Bertz CT molecular complexity index is 792. The first kappa shape index (κ1) is 19.9. The lowest BCUT2D eigenvalue weighted by molar-refractivity contribution is -0.151. The van der Waals surface area contributed by atoms with E-state index in [1.54, 1.807) is 16.4 Å². The van der Waals surface area contributed by atoms with Crippen LogP contribution in [0.25, 0.3) is 0 Å². The molecule has 148 valence electrons. The minimum atomic E-state index is -0.268. The van der Waals surface area contributed by atoms with E-state index >= 15 is 0 Å². The summed E-state index contributed by atoms with van der Waals surface area (Å²) in [6, 6.07) is 0. The summed E-state index contributed by atoms with van der Waals surface area (Å²) in [4.78, 5) is 44.1. The molecule has 27 heavy (non-hydrogen) atoms. The fourth-order valence-corrected chi connectivity index (χ4v) is 4.95. The maximum atomic E-state index is 13.0. The van der Waals surface area contributed by atoms with E-state index in [2.05, 4.69) is 4.98 Å². The van der Waals surface area contributed by atoms with Crippen molar-refractivity contribution in [2.24, 2.45) is 11.8 Å². The molecule has 2 atom stereocenters. The van der Waals surface area contributed by atoms with Crippen LogP contribution in [0.1, 0.15) is 37.9 Å². The summed E-state index contributed by atoms with van der Waals surface area (Å²) in [5.41, 5.74) is 1.46. The number of hydrogen-bond acceptors (Lipinski definition) is 6. The number of likely N-dealkylation sites (tertiary alicyclic amines) is 1. The summed E-state index contributed by atoms with van der Waals surface area (Å²) in [7, 11) is 0. The zero-order chi connectivity index (χ0) is 19.6. The van der Waals surface area contributed by atoms with Crippen molar-refractivity contribution in [3.63, 3.8) is 0 Å². The molecule has 1 amide bonds. The number of ether oxygens (including phenoxy) is 1. The van der Waals surface area contributed by atoms with E-state index < -0.39 is 0 Å². The van der Waals surface area contributed by atoms with Crippen molar-refractivity contribution in [1.29, 1.82) is 0 Å². The van der Waals surface area contributed by atoms with Crippen LogP contribution in [0.5, 0.6) is 0 Å². The van der Waals surface area contributed by atoms with Crippen LogP contribution in [0.3, 0.4) is 0 Å². The van der Waals surface area contributed by atoms with Gasteiger partial charge in [0.1, 0.15) is 0 Å². The van der Waals surface area contributed by atoms with Crippen molar-refractivity contribution < 1.29 is 14.3 Å². The molecule has 8 heteroatoms. The molecule has 0 saturated carbocycles. The van der Waals surface area contributed by atoms with Crippen LogP contribution in [0.2, 0.25) is 0 Å². The van der Waals surface area contributed by atoms with E-state index in [1.807, 2.05) is 13.8 Å². The van der Waals surface area contributed by atoms with Gasteiger partial charge in [-0.05, 0) is 33.1 Å². The standard InChI is InChI=1S/C19H27N3O4S/c1-4-15-12(3)20-19-22(17(15)24)10-14(11-27-19)16(23)21-8-6-7-13(9-21)18(25)26-5-2/h13-14H,4-11H2,1-3H3/t13-,14+/m0/s1. The normalized spacial score (nSPS) is 22.3. The molecule has 0 aromatic carbocycles. The summed E-state index contributed by atoms with van der Waals surface area (Å²) in [6.45, 7) is 7.38. The topological polar surface area (TPSA) is 81.5 Å². The van der Waals surface area contributed by atoms with Crippen LogP contribution in [-0.4, -0.2) is 51.8 Å². The van der Waals surface area contributed by atoms with Crippen LogP contribution < -0.4 is 5.56 Å². The van der Waals surface area contributed by atoms with Gasteiger partial charge in [-0.25, -0.2) is 4.98 Å². The minimum absolute atomic E-state index is 0.0210. The molecule has 1 aromatic rings. The van der Waals surface area contributed by atoms with Crippen molar-refractivity contribution in [2.75, 3.05) is 25.4 Å². The summed E-state index contributed by atoms with van der Waals surface area (Å²) < 4.78 is 6.77. The molecule has 1 aromatic heterocycles. The molecular weight excluding hydrogens is 366 g/mol. The fraction of sp³-hybridized carbons (Fsp3) is 0.684. The molecule has 0 unspecified atom stereocenters. The van der Waals surface area contributed by atoms with Crippen LogP contribution >= 0.6 is 11.8 Å². The van der Waals surface area contributed by atoms with Crippen LogP contribution in [0.15, 0.2) is 9.95 Å². The SMILES string of the molecule is CCOC(=O)[C@H]1CCCN(C(=O)[C@H]2CSc3nc(C)c(CC)c(=O)n3C2)C1. The van der Waals surface area contributed by atoms with E-state index in [4.69, 9.17) is 4.74 Å². The molecular formula is C19H27N3O4S. The van der Waals surface area contributed by atoms with Gasteiger partial charge in [0.05, 0.1) is 18.4 Å². The average molecular weight is 394 g/mol. The Morgan fingerprint density at radius 2 is 2.04 bits per heavy atom. The van der Waals surface area contributed by atoms with Crippen molar-refractivity contribution in [3.05, 3.63) is 21.6 Å². The molecule has 0 aliphatic carbocycles. The minimum Gasteiger partial charge on any atom is -0.466 e. The number of piperidine rings is 1. The van der Waals surface area contributed by atoms with Crippen LogP contribution in [0.4, 0.5) is 0 Å². The molecule has 0 bridgehead atoms. The third kappa shape index (κ3) is 4.05. The zero-order valence-electron chi connectivity index (χ0n) is 16.2. The largest absolute Gasteiger partial charge is 0.466 e. The Hall–Kier alpha value is -1.83. The maximum Gasteiger partial charge on any atom is 0.310 e. The molecule has 1 fully saturated rings. The maximum absolute atomic E-state index is 13.0. The van der Waals surface area contributed by atoms with Gasteiger partial charge in [0.15, 0.2) is 5.16 Å². The molecule has 2 aliphatic heterocycles. The number of fused-ring (bicyclic) bond motifs is 1. The predicted molar refractivity (Wildman–Crippen MR) is 103 cm³/mol. The highest BCUT2D eigenvalue weighted by Crippen LogP contribution is 2.28. The summed E-state index contributed by atoms with van der Waals surface area (Å²) >= 11 is 1.46. The molecule has 1 saturated heterocycles. The number of aromatic nitrogens is 2. The quantitative estimate of drug-likeness (QED) is 0.571. The van der Waals surface area contributed by atoms with E-state index in [0.29, 0.717) is 49.1 Å². The summed E-state index contributed by atoms with van der Waals surface area (Å²) in [5.74, 6) is -0.105. The molecule has 0 spiro atoms. The van der Waals surface area contributed by atoms with Crippen molar-refractivity contribution >= 4 is 23.6 Å². The second kappa shape index (κ2) is 8.46. The number of hydrogen-bond donors (Lipinski definition) is 0. The van der Waals surface area contributed by atoms with Gasteiger partial charge in [-0.1, -0.05) is 18.7 Å². The summed E-state index contributed by atoms with van der Waals surface area (Å²) in [6.07, 6.45) is 2.19. The number of carbonyl (C=O) groups excluding carboxylic acids is 2. The van der Waals surface area contributed by atoms with Gasteiger partial charge in [0.2, 0.25) is 5.91 Å². The molecule has 2 aliphatic rings. The van der Waals surface area contributed by atoms with Crippen molar-refractivity contribution in [2.45, 2.75) is 51.7 Å². The predicted octanol–water partition coefficient (Wildman–Crippen LogP) is 1.64. The number of rotatable bonds is 4. The van der Waals surface area contributed by atoms with E-state index in [-0.39, 0.29) is 29.3 Å². The van der Waals surface area contributed by atoms with Gasteiger partial charge in [0.25, 0.3) is 5.56 Å². The number of thioether (sulfide) groups is 1. The number of esters is 1. The second-order valence-electron chi connectivity index (χ2n) is 7.11. The van der Waals surface area contributed by atoms with Gasteiger partial charge in [0, 0.05) is 36.6 Å². The molecule has 0 radical (unpaired) electrons. The van der Waals surface area contributed by atoms with E-state index in [1.165, 1.54) is 11.8 Å². The number of nitrogens with zero attached hydrogens (tertiary/aromatic N) is 3. The highest BCUT2D eigenvalue weighted by molar-refractivity contribution is 7.99. The average Bonchev–Trinajstić information content (AvgIpc) is 2.68. The fourth-order valence-electron chi connectivity index (χ4n) is 3.84. The van der Waals surface area contributed by atoms with Crippen molar-refractivity contribution in [1.82, 2.24) is 14.5 Å². The molecule has 7 nitrogen and oxygen atoms in total. The second-order valence-corrected chi connectivity index (χ2v) is 8.10. The lowest BCUT2D eigenvalue weighted by Gasteiger charge is -2.35. The Kier molecular flexibility index (Phi) is 6.24. The highest BCUT2D eigenvalue weighted by atomic mass is 32.2. The molecule has 3 rings (SSSR count). The highest BCUT2D eigenvalue weighted by Gasteiger charge is 2.35. The lowest BCUT2D eigenvalue weighted by Crippen LogP contribution is -2.48. The number of amides is 1. The van der Waals surface area contributed by atoms with Crippen molar-refractivity contribution in [3.8, 4) is 0 Å². The Morgan fingerprint density at radius 3 is 2.74 bits per heavy atom. The number of aryl methyl sites for hydroxylation is 1. The summed E-state index contributed by atoms with van der Waals surface area (Å²) in [5, 5.41) is 0.696. The van der Waals surface area contributed by atoms with Gasteiger partial charge >= 0.3 is 5.97 Å². The smallest absolute Gasteiger partial charge is 0.310 e. The van der Waals surface area contributed by atoms with Crippen LogP contribution in [-0.2, 0) is 27.3 Å². The van der Waals surface area contributed by atoms with Gasteiger partial charge in [-0.3, -0.25) is 19.0 Å². The third-order valence-corrected chi connectivity index (χ3v) is 6.45. The third-order valence-electron chi connectivity index (χ3n) is 5.31. The first-order valence-electron chi connectivity index (χ1n) is 9.64. The monoisotopic (exact) mass is 393 g/mol. The van der Waals surface area contributed by atoms with Gasteiger partial charge in [-0.2, -0.15) is 0 Å². The Morgan fingerprint density at radius 1 is 1.26 bits per heavy atom. The molecule has 3 heterocycles. The lowest BCUT2D eigenvalue weighted by atomic mass is 9.96. The number of carbonyl (C=O) groups is 2.